The topological polar surface area (TPSA) is 59.4 Å². The first kappa shape index (κ1) is 14.2. The van der Waals surface area contributed by atoms with Gasteiger partial charge < -0.3 is 15.0 Å². The van der Waals surface area contributed by atoms with E-state index in [9.17, 15) is 4.79 Å². The molecule has 2 saturated heterocycles. The molecule has 0 spiro atoms. The predicted octanol–water partition coefficient (Wildman–Crippen LogP) is 0.993. The van der Waals surface area contributed by atoms with Crippen molar-refractivity contribution < 1.29 is 9.53 Å². The van der Waals surface area contributed by atoms with E-state index < -0.39 is 0 Å². The number of aromatic nitrogens is 2. The predicted molar refractivity (Wildman–Crippen MR) is 81.2 cm³/mol. The third-order valence-electron chi connectivity index (χ3n) is 5.12. The Morgan fingerprint density at radius 3 is 2.82 bits per heavy atom. The maximum atomic E-state index is 12.5. The second kappa shape index (κ2) is 5.66. The molecule has 1 aromatic rings. The molecule has 0 bridgehead atoms. The van der Waals surface area contributed by atoms with Gasteiger partial charge in [-0.25, -0.2) is 0 Å². The number of aryl methyl sites for hydroxylation is 1. The Hall–Kier alpha value is -1.40. The largest absolute Gasteiger partial charge is 0.380 e. The summed E-state index contributed by atoms with van der Waals surface area (Å²) in [5.74, 6) is 0.300. The van der Waals surface area contributed by atoms with Gasteiger partial charge in [-0.15, -0.1) is 0 Å². The number of likely N-dealkylation sites (tertiary alicyclic amines) is 1. The minimum atomic E-state index is 0.0989. The molecular weight excluding hydrogens is 280 g/mol. The average Bonchev–Trinajstić information content (AvgIpc) is 3.04. The monoisotopic (exact) mass is 304 g/mol. The number of nitrogens with one attached hydrogen (secondary N) is 1. The third kappa shape index (κ3) is 2.54. The Morgan fingerprint density at radius 2 is 2.18 bits per heavy atom. The van der Waals surface area contributed by atoms with Gasteiger partial charge in [-0.1, -0.05) is 0 Å². The van der Waals surface area contributed by atoms with Gasteiger partial charge in [0.25, 0.3) is 0 Å². The summed E-state index contributed by atoms with van der Waals surface area (Å²) < 4.78 is 7.41. The van der Waals surface area contributed by atoms with Gasteiger partial charge in [0.2, 0.25) is 5.91 Å². The molecule has 1 N–H and O–H groups in total. The summed E-state index contributed by atoms with van der Waals surface area (Å²) in [5, 5.41) is 8.08. The molecule has 3 aliphatic rings. The Kier molecular flexibility index (Phi) is 3.66. The van der Waals surface area contributed by atoms with Crippen LogP contribution in [0.2, 0.25) is 0 Å². The van der Waals surface area contributed by atoms with Crippen LogP contribution < -0.4 is 5.32 Å². The van der Waals surface area contributed by atoms with Crippen molar-refractivity contribution in [2.24, 2.45) is 7.05 Å². The molecule has 0 aromatic carbocycles. The number of piperidine rings is 1. The number of ether oxygens (including phenoxy) is 1. The van der Waals surface area contributed by atoms with Crippen LogP contribution in [0.25, 0.3) is 0 Å². The fraction of sp³-hybridized carbons (Fsp3) is 0.750. The van der Waals surface area contributed by atoms with Gasteiger partial charge in [-0.2, -0.15) is 5.10 Å². The van der Waals surface area contributed by atoms with Crippen LogP contribution in [-0.4, -0.2) is 51.9 Å². The summed E-state index contributed by atoms with van der Waals surface area (Å²) in [5.41, 5.74) is 1.14. The van der Waals surface area contributed by atoms with Crippen molar-refractivity contribution in [1.82, 2.24) is 20.0 Å². The summed E-state index contributed by atoms with van der Waals surface area (Å²) in [6, 6.07) is 3.28. The molecule has 4 rings (SSSR count). The summed E-state index contributed by atoms with van der Waals surface area (Å²) in [4.78, 5) is 14.7. The highest BCUT2D eigenvalue weighted by Crippen LogP contribution is 2.40. The van der Waals surface area contributed by atoms with E-state index in [1.54, 1.807) is 0 Å². The number of carbonyl (C=O) groups excluding carboxylic acids is 1. The Morgan fingerprint density at radius 1 is 1.32 bits per heavy atom. The molecule has 3 heterocycles. The lowest BCUT2D eigenvalue weighted by Gasteiger charge is -2.42. The first-order chi connectivity index (χ1) is 10.7. The SMILES string of the molecule is Cn1nccc1[C@H]1[C@H](N[C@@H]2CCOC2)CCC(=O)N1C1CC1. The molecule has 1 saturated carbocycles. The van der Waals surface area contributed by atoms with E-state index in [1.807, 2.05) is 17.9 Å². The van der Waals surface area contributed by atoms with Gasteiger partial charge in [0.15, 0.2) is 0 Å². The van der Waals surface area contributed by atoms with Crippen LogP contribution in [0.1, 0.15) is 43.8 Å². The lowest BCUT2D eigenvalue weighted by atomic mass is 9.91. The minimum absolute atomic E-state index is 0.0989. The van der Waals surface area contributed by atoms with E-state index in [0.29, 0.717) is 30.5 Å². The van der Waals surface area contributed by atoms with Crippen molar-refractivity contribution >= 4 is 5.91 Å². The van der Waals surface area contributed by atoms with Gasteiger partial charge in [0.1, 0.15) is 0 Å². The molecule has 3 fully saturated rings. The van der Waals surface area contributed by atoms with Crippen LogP contribution in [-0.2, 0) is 16.6 Å². The second-order valence-corrected chi connectivity index (χ2v) is 6.73. The fourth-order valence-electron chi connectivity index (χ4n) is 3.86. The smallest absolute Gasteiger partial charge is 0.223 e. The van der Waals surface area contributed by atoms with Gasteiger partial charge in [-0.05, 0) is 31.7 Å². The van der Waals surface area contributed by atoms with E-state index in [4.69, 9.17) is 4.74 Å². The molecule has 22 heavy (non-hydrogen) atoms. The molecule has 6 heteroatoms. The summed E-state index contributed by atoms with van der Waals surface area (Å²) in [6.45, 7) is 1.62. The van der Waals surface area contributed by atoms with Crippen molar-refractivity contribution in [3.63, 3.8) is 0 Å². The van der Waals surface area contributed by atoms with Crippen molar-refractivity contribution in [2.45, 2.75) is 56.3 Å². The van der Waals surface area contributed by atoms with E-state index >= 15 is 0 Å². The fourth-order valence-corrected chi connectivity index (χ4v) is 3.86. The van der Waals surface area contributed by atoms with Gasteiger partial charge in [0.05, 0.1) is 18.3 Å². The van der Waals surface area contributed by atoms with Crippen LogP contribution in [0.3, 0.4) is 0 Å². The third-order valence-corrected chi connectivity index (χ3v) is 5.12. The van der Waals surface area contributed by atoms with Crippen LogP contribution in [0.5, 0.6) is 0 Å². The lowest BCUT2D eigenvalue weighted by molar-refractivity contribution is -0.139. The molecule has 6 nitrogen and oxygen atoms in total. The van der Waals surface area contributed by atoms with Crippen molar-refractivity contribution in [3.05, 3.63) is 18.0 Å². The molecule has 0 unspecified atom stereocenters. The molecule has 120 valence electrons. The highest BCUT2D eigenvalue weighted by molar-refractivity contribution is 5.78. The maximum Gasteiger partial charge on any atom is 0.223 e. The number of amides is 1. The first-order valence-corrected chi connectivity index (χ1v) is 8.37. The average molecular weight is 304 g/mol. The van der Waals surface area contributed by atoms with E-state index in [2.05, 4.69) is 21.4 Å². The zero-order chi connectivity index (χ0) is 15.1. The number of rotatable bonds is 4. The van der Waals surface area contributed by atoms with Gasteiger partial charge >= 0.3 is 0 Å². The van der Waals surface area contributed by atoms with E-state index in [0.717, 1.165) is 44.6 Å². The molecule has 2 aliphatic heterocycles. The molecular formula is C16H24N4O2. The number of hydrogen-bond acceptors (Lipinski definition) is 4. The molecule has 1 amide bonds. The molecule has 1 aliphatic carbocycles. The first-order valence-electron chi connectivity index (χ1n) is 8.37. The molecule has 3 atom stereocenters. The summed E-state index contributed by atoms with van der Waals surface area (Å²) >= 11 is 0. The van der Waals surface area contributed by atoms with Crippen LogP contribution in [0.4, 0.5) is 0 Å². The van der Waals surface area contributed by atoms with Crippen LogP contribution in [0.15, 0.2) is 12.3 Å². The van der Waals surface area contributed by atoms with Gasteiger partial charge in [-0.3, -0.25) is 9.48 Å². The van der Waals surface area contributed by atoms with Crippen LogP contribution >= 0.6 is 0 Å². The van der Waals surface area contributed by atoms with Crippen molar-refractivity contribution in [1.29, 1.82) is 0 Å². The Balaban J connectivity index is 1.63. The number of carbonyl (C=O) groups is 1. The second-order valence-electron chi connectivity index (χ2n) is 6.73. The minimum Gasteiger partial charge on any atom is -0.380 e. The quantitative estimate of drug-likeness (QED) is 0.901. The number of hydrogen-bond donors (Lipinski definition) is 1. The van der Waals surface area contributed by atoms with Crippen molar-refractivity contribution in [2.75, 3.05) is 13.2 Å². The normalized spacial score (nSPS) is 32.7. The summed E-state index contributed by atoms with van der Waals surface area (Å²) in [6.07, 6.45) is 6.71. The van der Waals surface area contributed by atoms with Crippen LogP contribution in [0, 0.1) is 0 Å². The zero-order valence-corrected chi connectivity index (χ0v) is 13.1. The van der Waals surface area contributed by atoms with E-state index in [1.165, 1.54) is 0 Å². The molecule has 0 radical (unpaired) electrons. The summed E-state index contributed by atoms with van der Waals surface area (Å²) in [7, 11) is 1.97. The zero-order valence-electron chi connectivity index (χ0n) is 13.1. The standard InChI is InChI=1S/C16H24N4O2/c1-19-14(6-8-17-19)16-13(18-11-7-9-22-10-11)4-5-15(21)20(16)12-2-3-12/h6,8,11-13,16,18H,2-5,7,9-10H2,1H3/t11-,13-,16-/m1/s1. The highest BCUT2D eigenvalue weighted by atomic mass is 16.5. The Bertz CT molecular complexity index is 548. The molecule has 1 aromatic heterocycles. The Labute approximate surface area is 130 Å². The van der Waals surface area contributed by atoms with E-state index in [-0.39, 0.29) is 6.04 Å². The van der Waals surface area contributed by atoms with Crippen molar-refractivity contribution in [3.8, 4) is 0 Å². The maximum absolute atomic E-state index is 12.5. The van der Waals surface area contributed by atoms with Gasteiger partial charge in [0, 0.05) is 44.4 Å². The lowest BCUT2D eigenvalue weighted by Crippen LogP contribution is -2.54. The highest BCUT2D eigenvalue weighted by Gasteiger charge is 2.45. The number of nitrogens with zero attached hydrogens (tertiary/aromatic N) is 3.